The van der Waals surface area contributed by atoms with Crippen molar-refractivity contribution in [2.45, 2.75) is 13.1 Å². The lowest BCUT2D eigenvalue weighted by Crippen LogP contribution is -2.18. The van der Waals surface area contributed by atoms with Gasteiger partial charge in [0.1, 0.15) is 0 Å². The molecule has 21 heavy (non-hydrogen) atoms. The third kappa shape index (κ3) is 3.31. The number of carbonyl (C=O) groups is 1. The van der Waals surface area contributed by atoms with Crippen molar-refractivity contribution in [2.75, 3.05) is 10.7 Å². The molecule has 1 amide bonds. The van der Waals surface area contributed by atoms with Crippen molar-refractivity contribution in [3.05, 3.63) is 41.1 Å². The monoisotopic (exact) mass is 300 g/mol. The molecule has 0 unspecified atom stereocenters. The number of halogens is 3. The first-order valence-electron chi connectivity index (χ1n) is 5.74. The van der Waals surface area contributed by atoms with Gasteiger partial charge in [0.05, 0.1) is 22.5 Å². The Hall–Kier alpha value is -2.55. The van der Waals surface area contributed by atoms with Gasteiger partial charge in [-0.1, -0.05) is 5.16 Å². The van der Waals surface area contributed by atoms with Gasteiger partial charge in [-0.3, -0.25) is 16.0 Å². The predicted molar refractivity (Wildman–Crippen MR) is 68.4 cm³/mol. The molecule has 0 saturated carbocycles. The van der Waals surface area contributed by atoms with Gasteiger partial charge in [0, 0.05) is 6.07 Å². The van der Waals surface area contributed by atoms with Crippen molar-refractivity contribution in [3.63, 3.8) is 0 Å². The smallest absolute Gasteiger partial charge is 0.338 e. The molecule has 0 saturated heterocycles. The Morgan fingerprint density at radius 2 is 2.05 bits per heavy atom. The minimum atomic E-state index is -4.56. The van der Waals surface area contributed by atoms with Crippen molar-refractivity contribution in [3.8, 4) is 0 Å². The molecule has 4 N–H and O–H groups in total. The number of hydrazine groups is 1. The number of hydrogen-bond donors (Lipinski definition) is 3. The average Bonchev–Trinajstić information content (AvgIpc) is 2.82. The fourth-order valence-electron chi connectivity index (χ4n) is 1.64. The van der Waals surface area contributed by atoms with Crippen molar-refractivity contribution < 1.29 is 22.5 Å². The summed E-state index contributed by atoms with van der Waals surface area (Å²) in [5.74, 6) is 4.42. The van der Waals surface area contributed by atoms with E-state index in [1.54, 1.807) is 6.92 Å². The van der Waals surface area contributed by atoms with Gasteiger partial charge >= 0.3 is 6.18 Å². The van der Waals surface area contributed by atoms with Gasteiger partial charge in [0.25, 0.3) is 5.91 Å². The van der Waals surface area contributed by atoms with Crippen LogP contribution in [0.4, 0.5) is 24.7 Å². The number of hydrogen-bond acceptors (Lipinski definition) is 5. The summed E-state index contributed by atoms with van der Waals surface area (Å²) in [7, 11) is 0. The Kier molecular flexibility index (Phi) is 3.85. The van der Waals surface area contributed by atoms with Crippen molar-refractivity contribution >= 4 is 17.5 Å². The van der Waals surface area contributed by atoms with E-state index in [-0.39, 0.29) is 17.1 Å². The molecular formula is C12H11F3N4O2. The van der Waals surface area contributed by atoms with E-state index < -0.39 is 17.6 Å². The van der Waals surface area contributed by atoms with E-state index in [0.717, 1.165) is 12.1 Å². The number of amides is 1. The van der Waals surface area contributed by atoms with Gasteiger partial charge in [0.15, 0.2) is 0 Å². The van der Waals surface area contributed by atoms with E-state index in [1.807, 2.05) is 0 Å². The standard InChI is InChI=1S/C12H11F3N4O2/c1-6-4-10(21-19-6)17-11(20)8-5-7(12(13,14)15)2-3-9(8)18-16/h2-5,18H,16H2,1H3,(H,17,20). The second-order valence-electron chi connectivity index (χ2n) is 4.19. The number of carbonyl (C=O) groups excluding carboxylic acids is 1. The van der Waals surface area contributed by atoms with Crippen LogP contribution in [0.5, 0.6) is 0 Å². The lowest BCUT2D eigenvalue weighted by Gasteiger charge is -2.12. The highest BCUT2D eigenvalue weighted by molar-refractivity contribution is 6.07. The van der Waals surface area contributed by atoms with E-state index >= 15 is 0 Å². The quantitative estimate of drug-likeness (QED) is 0.598. The molecule has 0 aliphatic heterocycles. The molecule has 2 aromatic rings. The SMILES string of the molecule is Cc1cc(NC(=O)c2cc(C(F)(F)F)ccc2NN)on1. The van der Waals surface area contributed by atoms with E-state index in [9.17, 15) is 18.0 Å². The summed E-state index contributed by atoms with van der Waals surface area (Å²) in [6.07, 6.45) is -4.56. The van der Waals surface area contributed by atoms with Crippen LogP contribution in [0, 0.1) is 6.92 Å². The average molecular weight is 300 g/mol. The second-order valence-corrected chi connectivity index (χ2v) is 4.19. The largest absolute Gasteiger partial charge is 0.416 e. The molecule has 2 rings (SSSR count). The number of anilines is 2. The summed E-state index contributed by atoms with van der Waals surface area (Å²) in [6.45, 7) is 1.64. The van der Waals surface area contributed by atoms with Gasteiger partial charge < -0.3 is 9.95 Å². The number of nitrogens with zero attached hydrogens (tertiary/aromatic N) is 1. The summed E-state index contributed by atoms with van der Waals surface area (Å²) in [5.41, 5.74) is 1.52. The molecule has 0 bridgehead atoms. The summed E-state index contributed by atoms with van der Waals surface area (Å²) >= 11 is 0. The first-order valence-corrected chi connectivity index (χ1v) is 5.74. The molecule has 0 aliphatic rings. The predicted octanol–water partition coefficient (Wildman–Crippen LogP) is 2.54. The number of rotatable bonds is 3. The molecule has 1 aromatic carbocycles. The maximum absolute atomic E-state index is 12.7. The first-order chi connectivity index (χ1) is 9.81. The van der Waals surface area contributed by atoms with Crippen molar-refractivity contribution in [2.24, 2.45) is 5.84 Å². The molecule has 112 valence electrons. The van der Waals surface area contributed by atoms with Crippen molar-refractivity contribution in [1.82, 2.24) is 5.16 Å². The van der Waals surface area contributed by atoms with Gasteiger partial charge in [-0.2, -0.15) is 13.2 Å². The lowest BCUT2D eigenvalue weighted by molar-refractivity contribution is -0.137. The fourth-order valence-corrected chi connectivity index (χ4v) is 1.64. The third-order valence-corrected chi connectivity index (χ3v) is 2.61. The Bertz CT molecular complexity index is 667. The maximum Gasteiger partial charge on any atom is 0.416 e. The van der Waals surface area contributed by atoms with Crippen molar-refractivity contribution in [1.29, 1.82) is 0 Å². The normalized spacial score (nSPS) is 11.3. The van der Waals surface area contributed by atoms with Gasteiger partial charge in [-0.15, -0.1) is 0 Å². The van der Waals surface area contributed by atoms with Crippen LogP contribution in [-0.4, -0.2) is 11.1 Å². The number of aromatic nitrogens is 1. The Balaban J connectivity index is 2.34. The van der Waals surface area contributed by atoms with Gasteiger partial charge in [-0.25, -0.2) is 0 Å². The van der Waals surface area contributed by atoms with Crippen LogP contribution < -0.4 is 16.6 Å². The highest BCUT2D eigenvalue weighted by atomic mass is 19.4. The van der Waals surface area contributed by atoms with E-state index in [2.05, 4.69) is 15.9 Å². The fraction of sp³-hybridized carbons (Fsp3) is 0.167. The van der Waals surface area contributed by atoms with Crippen LogP contribution in [0.15, 0.2) is 28.8 Å². The van der Waals surface area contributed by atoms with Gasteiger partial charge in [0.2, 0.25) is 5.88 Å². The molecule has 0 fully saturated rings. The molecule has 9 heteroatoms. The zero-order valence-corrected chi connectivity index (χ0v) is 10.8. The van der Waals surface area contributed by atoms with Crippen LogP contribution >= 0.6 is 0 Å². The molecule has 0 atom stereocenters. The van der Waals surface area contributed by atoms with Crippen LogP contribution in [0.25, 0.3) is 0 Å². The highest BCUT2D eigenvalue weighted by Gasteiger charge is 2.31. The lowest BCUT2D eigenvalue weighted by atomic mass is 10.1. The highest BCUT2D eigenvalue weighted by Crippen LogP contribution is 2.32. The number of benzene rings is 1. The first kappa shape index (κ1) is 14.9. The molecule has 6 nitrogen and oxygen atoms in total. The molecule has 0 spiro atoms. The van der Waals surface area contributed by atoms with E-state index in [1.165, 1.54) is 6.07 Å². The summed E-state index contributed by atoms with van der Waals surface area (Å²) < 4.78 is 42.8. The van der Waals surface area contributed by atoms with Crippen LogP contribution in [0.3, 0.4) is 0 Å². The summed E-state index contributed by atoms with van der Waals surface area (Å²) in [5, 5.41) is 5.85. The van der Waals surface area contributed by atoms with Crippen LogP contribution in [0.2, 0.25) is 0 Å². The molecular weight excluding hydrogens is 289 g/mol. The molecule has 1 aromatic heterocycles. The Morgan fingerprint density at radius 1 is 1.33 bits per heavy atom. The minimum absolute atomic E-state index is 0.0258. The summed E-state index contributed by atoms with van der Waals surface area (Å²) in [4.78, 5) is 12.0. The topological polar surface area (TPSA) is 93.2 Å². The minimum Gasteiger partial charge on any atom is -0.338 e. The number of nitrogens with two attached hydrogens (primary N) is 1. The van der Waals surface area contributed by atoms with Crippen LogP contribution in [-0.2, 0) is 6.18 Å². The molecule has 0 aliphatic carbocycles. The number of aryl methyl sites for hydroxylation is 1. The second kappa shape index (κ2) is 5.44. The number of nitrogens with one attached hydrogen (secondary N) is 2. The third-order valence-electron chi connectivity index (χ3n) is 2.61. The Morgan fingerprint density at radius 3 is 2.57 bits per heavy atom. The van der Waals surface area contributed by atoms with E-state index in [0.29, 0.717) is 11.8 Å². The number of nitrogen functional groups attached to an aromatic ring is 1. The maximum atomic E-state index is 12.7. The van der Waals surface area contributed by atoms with Crippen LogP contribution in [0.1, 0.15) is 21.6 Å². The van der Waals surface area contributed by atoms with Gasteiger partial charge in [-0.05, 0) is 25.1 Å². The van der Waals surface area contributed by atoms with E-state index in [4.69, 9.17) is 10.4 Å². The number of alkyl halides is 3. The Labute approximate surface area is 117 Å². The zero-order chi connectivity index (χ0) is 15.6. The zero-order valence-electron chi connectivity index (χ0n) is 10.8. The molecule has 0 radical (unpaired) electrons. The summed E-state index contributed by atoms with van der Waals surface area (Å²) in [6, 6.07) is 4.03. The molecule has 1 heterocycles.